The van der Waals surface area contributed by atoms with Crippen molar-refractivity contribution >= 4 is 52.5 Å². The van der Waals surface area contributed by atoms with E-state index in [2.05, 4.69) is 0 Å². The second-order valence-electron chi connectivity index (χ2n) is 4.49. The maximum Gasteiger partial charge on any atom is 0.346 e. The zero-order chi connectivity index (χ0) is 17.0. The average Bonchev–Trinajstić information content (AvgIpc) is 2.48. The molecule has 23 heavy (non-hydrogen) atoms. The average molecular weight is 398 g/mol. The fourth-order valence-corrected chi connectivity index (χ4v) is 3.66. The summed E-state index contributed by atoms with van der Waals surface area (Å²) in [4.78, 5) is 22.7. The van der Waals surface area contributed by atoms with E-state index in [0.29, 0.717) is 17.3 Å². The number of carbonyl (C=O) groups excluding carboxylic acids is 1. The predicted octanol–water partition coefficient (Wildman–Crippen LogP) is 3.98. The molecule has 0 spiro atoms. The highest BCUT2D eigenvalue weighted by atomic mass is 35.5. The number of benzene rings is 1. The minimum Gasteiger partial charge on any atom is -0.484 e. The van der Waals surface area contributed by atoms with Crippen LogP contribution in [0.1, 0.15) is 6.42 Å². The molecule has 0 radical (unpaired) electrons. The lowest BCUT2D eigenvalue weighted by atomic mass is 10.3. The number of thioether (sulfide) groups is 1. The Kier molecular flexibility index (Phi) is 6.41. The van der Waals surface area contributed by atoms with Gasteiger partial charge in [0.25, 0.3) is 5.78 Å². The van der Waals surface area contributed by atoms with Gasteiger partial charge in [-0.2, -0.15) is 0 Å². The number of nitrogens with zero attached hydrogens (tertiary/aromatic N) is 2. The Morgan fingerprint density at radius 3 is 2.78 bits per heavy atom. The van der Waals surface area contributed by atoms with Gasteiger partial charge in [0.15, 0.2) is 11.6 Å². The molecule has 1 aliphatic rings. The van der Waals surface area contributed by atoms with Crippen molar-refractivity contribution in [2.75, 3.05) is 18.9 Å². The molecule has 124 valence electrons. The third kappa shape index (κ3) is 4.67. The highest BCUT2D eigenvalue weighted by molar-refractivity contribution is 8.03. The van der Waals surface area contributed by atoms with Crippen LogP contribution in [-0.4, -0.2) is 34.0 Å². The van der Waals surface area contributed by atoms with Crippen molar-refractivity contribution in [3.63, 3.8) is 0 Å². The van der Waals surface area contributed by atoms with E-state index in [1.54, 1.807) is 0 Å². The lowest BCUT2D eigenvalue weighted by Gasteiger charge is -2.22. The number of ketones is 1. The summed E-state index contributed by atoms with van der Waals surface area (Å²) < 4.78 is 6.46. The van der Waals surface area contributed by atoms with Crippen molar-refractivity contribution in [2.24, 2.45) is 0 Å². The van der Waals surface area contributed by atoms with Crippen molar-refractivity contribution in [3.8, 4) is 5.75 Å². The number of rotatable bonds is 5. The van der Waals surface area contributed by atoms with Crippen LogP contribution in [0.5, 0.6) is 5.75 Å². The van der Waals surface area contributed by atoms with Crippen LogP contribution in [0.2, 0.25) is 10.0 Å². The number of halogens is 3. The first kappa shape index (κ1) is 18.2. The zero-order valence-electron chi connectivity index (χ0n) is 11.6. The molecule has 1 heterocycles. The third-order valence-corrected chi connectivity index (χ3v) is 5.01. The van der Waals surface area contributed by atoms with Crippen LogP contribution in [0.15, 0.2) is 28.9 Å². The molecule has 0 aromatic heterocycles. The van der Waals surface area contributed by atoms with Crippen molar-refractivity contribution in [2.45, 2.75) is 6.42 Å². The van der Waals surface area contributed by atoms with E-state index in [1.807, 2.05) is 0 Å². The fourth-order valence-electron chi connectivity index (χ4n) is 1.83. The Hall–Kier alpha value is -1.15. The van der Waals surface area contributed by atoms with Crippen LogP contribution in [0.3, 0.4) is 0 Å². The molecule has 1 aromatic carbocycles. The summed E-state index contributed by atoms with van der Waals surface area (Å²) >= 11 is 18.8. The molecule has 10 heteroatoms. The number of Topliss-reactive ketones (excluding diaryl/α,β-unsaturated/α-hetero) is 1. The molecule has 0 N–H and O–H groups in total. The largest absolute Gasteiger partial charge is 0.484 e. The van der Waals surface area contributed by atoms with Gasteiger partial charge in [0, 0.05) is 29.1 Å². The number of ether oxygens (including phenoxy) is 1. The van der Waals surface area contributed by atoms with E-state index in [9.17, 15) is 14.9 Å². The third-order valence-electron chi connectivity index (χ3n) is 2.86. The normalized spacial score (nSPS) is 16.9. The van der Waals surface area contributed by atoms with Crippen molar-refractivity contribution < 1.29 is 14.5 Å². The lowest BCUT2D eigenvalue weighted by molar-refractivity contribution is -0.420. The van der Waals surface area contributed by atoms with Gasteiger partial charge >= 0.3 is 5.70 Å². The van der Waals surface area contributed by atoms with Crippen LogP contribution < -0.4 is 4.74 Å². The molecule has 0 amide bonds. The van der Waals surface area contributed by atoms with E-state index in [-0.39, 0.29) is 15.8 Å². The molecular weight excluding hydrogens is 387 g/mol. The Morgan fingerprint density at radius 1 is 1.43 bits per heavy atom. The molecule has 1 saturated heterocycles. The maximum atomic E-state index is 12.2. The summed E-state index contributed by atoms with van der Waals surface area (Å²) in [6, 6.07) is 4.48. The molecular formula is C13H11Cl3N2O4S. The lowest BCUT2D eigenvalue weighted by Crippen LogP contribution is -2.27. The zero-order valence-corrected chi connectivity index (χ0v) is 14.7. The van der Waals surface area contributed by atoms with E-state index < -0.39 is 23.0 Å². The number of carbonyl (C=O) groups is 1. The topological polar surface area (TPSA) is 72.7 Å². The molecule has 0 bridgehead atoms. The molecule has 6 nitrogen and oxygen atoms in total. The van der Waals surface area contributed by atoms with Gasteiger partial charge in [-0.15, -0.1) is 11.8 Å². The molecule has 0 saturated carbocycles. The SMILES string of the molecule is O=C(COc1ccc(Cl)cc1Cl)/C(=C1/SCCCN1Cl)[N+](=O)[O-]. The Morgan fingerprint density at radius 2 is 2.17 bits per heavy atom. The van der Waals surface area contributed by atoms with Gasteiger partial charge in [0.1, 0.15) is 5.75 Å². The first-order valence-electron chi connectivity index (χ1n) is 6.46. The van der Waals surface area contributed by atoms with Crippen molar-refractivity contribution in [3.05, 3.63) is 49.1 Å². The first-order chi connectivity index (χ1) is 10.9. The molecule has 1 aromatic rings. The highest BCUT2D eigenvalue weighted by Crippen LogP contribution is 2.32. The van der Waals surface area contributed by atoms with Crippen LogP contribution in [0, 0.1) is 10.1 Å². The Balaban J connectivity index is 2.16. The minimum atomic E-state index is -0.781. The van der Waals surface area contributed by atoms with E-state index in [4.69, 9.17) is 39.7 Å². The highest BCUT2D eigenvalue weighted by Gasteiger charge is 2.32. The Bertz CT molecular complexity index is 669. The standard InChI is InChI=1S/C13H11Cl3N2O4S/c14-8-2-3-11(9(15)6-8)22-7-10(19)12(18(20)21)13-17(16)4-1-5-23-13/h2-3,6H,1,4-5,7H2/b13-12-. The number of hydrogen-bond acceptors (Lipinski definition) is 6. The van der Waals surface area contributed by atoms with E-state index in [1.165, 1.54) is 34.4 Å². The van der Waals surface area contributed by atoms with Gasteiger partial charge in [0.2, 0.25) is 0 Å². The second kappa shape index (κ2) is 8.10. The van der Waals surface area contributed by atoms with Crippen molar-refractivity contribution in [1.82, 2.24) is 4.42 Å². The van der Waals surface area contributed by atoms with Gasteiger partial charge < -0.3 is 4.74 Å². The van der Waals surface area contributed by atoms with Crippen LogP contribution in [0.4, 0.5) is 0 Å². The maximum absolute atomic E-state index is 12.2. The summed E-state index contributed by atoms with van der Waals surface area (Å²) in [6.45, 7) is -0.0785. The monoisotopic (exact) mass is 396 g/mol. The molecule has 1 aliphatic heterocycles. The first-order valence-corrected chi connectivity index (χ1v) is 8.54. The quantitative estimate of drug-likeness (QED) is 0.324. The van der Waals surface area contributed by atoms with Gasteiger partial charge in [-0.05, 0) is 24.6 Å². The van der Waals surface area contributed by atoms with Crippen LogP contribution >= 0.6 is 46.7 Å². The smallest absolute Gasteiger partial charge is 0.346 e. The fraction of sp³-hybridized carbons (Fsp3) is 0.308. The van der Waals surface area contributed by atoms with Gasteiger partial charge in [-0.1, -0.05) is 23.2 Å². The van der Waals surface area contributed by atoms with Crippen molar-refractivity contribution in [1.29, 1.82) is 0 Å². The molecule has 0 atom stereocenters. The molecule has 2 rings (SSSR count). The molecule has 0 unspecified atom stereocenters. The number of nitro groups is 1. The predicted molar refractivity (Wildman–Crippen MR) is 90.6 cm³/mol. The number of hydrogen-bond donors (Lipinski definition) is 0. The summed E-state index contributed by atoms with van der Waals surface area (Å²) in [7, 11) is 0. The summed E-state index contributed by atoms with van der Waals surface area (Å²) in [5.74, 6) is 0.0970. The molecule has 0 aliphatic carbocycles. The minimum absolute atomic E-state index is 0.138. The van der Waals surface area contributed by atoms with E-state index >= 15 is 0 Å². The summed E-state index contributed by atoms with van der Waals surface area (Å²) in [6.07, 6.45) is 0.785. The van der Waals surface area contributed by atoms with Crippen LogP contribution in [0.25, 0.3) is 0 Å². The molecule has 1 fully saturated rings. The van der Waals surface area contributed by atoms with Crippen LogP contribution in [-0.2, 0) is 4.79 Å². The Labute approximate surface area is 151 Å². The van der Waals surface area contributed by atoms with E-state index in [0.717, 1.165) is 6.42 Å². The second-order valence-corrected chi connectivity index (χ2v) is 6.82. The van der Waals surface area contributed by atoms with Gasteiger partial charge in [0.05, 0.1) is 9.95 Å². The van der Waals surface area contributed by atoms with Gasteiger partial charge in [-0.3, -0.25) is 19.3 Å². The van der Waals surface area contributed by atoms with Gasteiger partial charge in [-0.25, -0.2) is 0 Å². The summed E-state index contributed by atoms with van der Waals surface area (Å²) in [5, 5.41) is 12.0. The summed E-state index contributed by atoms with van der Waals surface area (Å²) in [5.41, 5.74) is -0.574.